The molecule has 4 heterocycles. The Morgan fingerprint density at radius 1 is 1.07 bits per heavy atom. The van der Waals surface area contributed by atoms with Crippen molar-refractivity contribution < 1.29 is 24.0 Å². The minimum Gasteiger partial charge on any atom is -0.506 e. The van der Waals surface area contributed by atoms with Gasteiger partial charge in [-0.05, 0) is 11.9 Å². The molecule has 2 saturated heterocycles. The van der Waals surface area contributed by atoms with Gasteiger partial charge < -0.3 is 19.5 Å². The molecule has 0 bridgehead atoms. The Kier molecular flexibility index (Phi) is 5.26. The van der Waals surface area contributed by atoms with Gasteiger partial charge in [-0.25, -0.2) is 9.56 Å². The number of aryl methyl sites for hydroxylation is 1. The van der Waals surface area contributed by atoms with E-state index in [4.69, 9.17) is 9.47 Å². The number of thioether (sulfide) groups is 1. The highest BCUT2D eigenvalue weighted by Gasteiger charge is 2.43. The summed E-state index contributed by atoms with van der Waals surface area (Å²) in [4.78, 5) is 26.0. The average molecular weight is 448 g/mol. The summed E-state index contributed by atoms with van der Waals surface area (Å²) >= 11 is 2.92. The number of ether oxygens (including phenoxy) is 2. The molecule has 5 rings (SSSR count). The number of aliphatic hydroxyl groups excluding tert-OH is 1. The standard InChI is InChI=1S/C20H22N4O4S2/c1-11-17(29-19(21-11)23-3-7-27-8-4-23)13-15(25)14(16(13)26)18-12(2)22-20(30-18)24-5-9-28-10-6-24/h3-10H2,1-2H3/p+1. The number of hydrogen-bond donors (Lipinski definition) is 1. The summed E-state index contributed by atoms with van der Waals surface area (Å²) in [5.41, 5.74) is 2.29. The fourth-order valence-corrected chi connectivity index (χ4v) is 6.16. The molecule has 10 heteroatoms. The van der Waals surface area contributed by atoms with Crippen LogP contribution < -0.4 is 4.90 Å². The molecule has 1 aromatic rings. The van der Waals surface area contributed by atoms with Gasteiger partial charge >= 0.3 is 5.17 Å². The number of aliphatic imine (C=N–C) groups is 1. The Morgan fingerprint density at radius 3 is 2.47 bits per heavy atom. The first-order chi connectivity index (χ1) is 14.5. The summed E-state index contributed by atoms with van der Waals surface area (Å²) < 4.78 is 13.0. The maximum atomic E-state index is 13.1. The summed E-state index contributed by atoms with van der Waals surface area (Å²) in [7, 11) is 0. The van der Waals surface area contributed by atoms with E-state index >= 15 is 0 Å². The summed E-state index contributed by atoms with van der Waals surface area (Å²) in [5, 5.41) is 12.6. The van der Waals surface area contributed by atoms with E-state index in [1.54, 1.807) is 0 Å². The Balaban J connectivity index is 1.46. The van der Waals surface area contributed by atoms with E-state index in [2.05, 4.69) is 19.5 Å². The predicted molar refractivity (Wildman–Crippen MR) is 118 cm³/mol. The largest absolute Gasteiger partial charge is 0.506 e. The smallest absolute Gasteiger partial charge is 0.359 e. The third-order valence-electron chi connectivity index (χ3n) is 5.52. The van der Waals surface area contributed by atoms with E-state index in [1.165, 1.54) is 23.1 Å². The number of carbonyl (C=O) groups excluding carboxylic acids is 1. The van der Waals surface area contributed by atoms with Crippen LogP contribution >= 0.6 is 23.1 Å². The number of allylic oxidation sites excluding steroid dienone is 3. The molecule has 0 unspecified atom stereocenters. The van der Waals surface area contributed by atoms with Crippen LogP contribution in [-0.2, 0) is 14.3 Å². The van der Waals surface area contributed by atoms with Crippen molar-refractivity contribution in [2.24, 2.45) is 4.99 Å². The molecule has 0 atom stereocenters. The molecular weight excluding hydrogens is 424 g/mol. The Bertz CT molecular complexity index is 1040. The zero-order valence-electron chi connectivity index (χ0n) is 16.9. The molecule has 1 aliphatic carbocycles. The van der Waals surface area contributed by atoms with Crippen molar-refractivity contribution in [3.05, 3.63) is 26.8 Å². The first-order valence-corrected chi connectivity index (χ1v) is 11.6. The molecule has 0 aromatic carbocycles. The van der Waals surface area contributed by atoms with Gasteiger partial charge in [0.2, 0.25) is 5.78 Å². The number of nitrogens with zero attached hydrogens (tertiary/aromatic N) is 4. The first kappa shape index (κ1) is 19.9. The van der Waals surface area contributed by atoms with Gasteiger partial charge in [-0.15, -0.1) is 0 Å². The summed E-state index contributed by atoms with van der Waals surface area (Å²) in [6.45, 7) is 9.61. The normalized spacial score (nSPS) is 25.2. The molecule has 158 valence electrons. The predicted octanol–water partition coefficient (Wildman–Crippen LogP) is 2.00. The number of ketones is 1. The van der Waals surface area contributed by atoms with Crippen molar-refractivity contribution in [2.45, 2.75) is 13.8 Å². The number of anilines is 1. The van der Waals surface area contributed by atoms with Gasteiger partial charge in [0, 0.05) is 31.8 Å². The van der Waals surface area contributed by atoms with Crippen molar-refractivity contribution >= 4 is 50.5 Å². The van der Waals surface area contributed by atoms with Gasteiger partial charge in [0.15, 0.2) is 10.8 Å². The highest BCUT2D eigenvalue weighted by atomic mass is 32.2. The van der Waals surface area contributed by atoms with Crippen molar-refractivity contribution in [3.63, 3.8) is 0 Å². The van der Waals surface area contributed by atoms with Crippen LogP contribution in [0.2, 0.25) is 0 Å². The Morgan fingerprint density at radius 2 is 1.77 bits per heavy atom. The molecule has 2 fully saturated rings. The number of hydrogen-bond acceptors (Lipinski definition) is 8. The van der Waals surface area contributed by atoms with Gasteiger partial charge in [-0.3, -0.25) is 4.79 Å². The maximum Gasteiger partial charge on any atom is 0.359 e. The number of Topliss-reactive ketones (excluding diaryl/α,β-unsaturated/α-hetero) is 1. The zero-order valence-corrected chi connectivity index (χ0v) is 18.6. The Hall–Kier alpha value is -2.01. The quantitative estimate of drug-likeness (QED) is 0.548. The molecule has 1 aromatic heterocycles. The molecule has 3 aliphatic heterocycles. The van der Waals surface area contributed by atoms with E-state index < -0.39 is 0 Å². The zero-order chi connectivity index (χ0) is 20.8. The van der Waals surface area contributed by atoms with E-state index in [1.807, 2.05) is 13.8 Å². The summed E-state index contributed by atoms with van der Waals surface area (Å²) in [6.07, 6.45) is 0. The van der Waals surface area contributed by atoms with Gasteiger partial charge in [0.25, 0.3) is 0 Å². The van der Waals surface area contributed by atoms with E-state index in [0.717, 1.165) is 57.7 Å². The highest BCUT2D eigenvalue weighted by Crippen LogP contribution is 2.46. The Labute approximate surface area is 182 Å². The molecule has 0 saturated carbocycles. The SMILES string of the molecule is CC1=NC(=[N+]2CCOCC2)S/C1=C1/C(=O)C(c2sc(N3CCOCC3)nc2C)=C1O. The molecular formula is C20H23N4O4S2+. The maximum absolute atomic E-state index is 13.1. The number of morpholine rings is 2. The number of rotatable bonds is 2. The molecule has 0 spiro atoms. The second-order valence-corrected chi connectivity index (χ2v) is 9.40. The minimum atomic E-state index is -0.131. The fourth-order valence-electron chi connectivity index (χ4n) is 3.83. The van der Waals surface area contributed by atoms with Gasteiger partial charge in [0.05, 0.1) is 53.0 Å². The lowest BCUT2D eigenvalue weighted by Crippen LogP contribution is -2.36. The number of aliphatic hydroxyl groups is 1. The van der Waals surface area contributed by atoms with E-state index in [9.17, 15) is 9.90 Å². The van der Waals surface area contributed by atoms with Crippen molar-refractivity contribution in [3.8, 4) is 0 Å². The fraction of sp³-hybridized carbons (Fsp3) is 0.500. The van der Waals surface area contributed by atoms with Crippen molar-refractivity contribution in [2.75, 3.05) is 57.5 Å². The van der Waals surface area contributed by atoms with Crippen LogP contribution in [0.5, 0.6) is 0 Å². The molecule has 1 N–H and O–H groups in total. The third-order valence-corrected chi connectivity index (χ3v) is 7.99. The molecule has 8 nitrogen and oxygen atoms in total. The average Bonchev–Trinajstić information content (AvgIpc) is 3.33. The lowest BCUT2D eigenvalue weighted by atomic mass is 9.85. The van der Waals surface area contributed by atoms with E-state index in [-0.39, 0.29) is 11.5 Å². The van der Waals surface area contributed by atoms with Crippen LogP contribution in [0.25, 0.3) is 5.57 Å². The van der Waals surface area contributed by atoms with Crippen molar-refractivity contribution in [1.29, 1.82) is 0 Å². The minimum absolute atomic E-state index is 0.0561. The number of thiazole rings is 1. The summed E-state index contributed by atoms with van der Waals surface area (Å²) in [6, 6.07) is 0. The highest BCUT2D eigenvalue weighted by molar-refractivity contribution is 8.18. The molecule has 4 aliphatic rings. The van der Waals surface area contributed by atoms with Gasteiger partial charge in [-0.2, -0.15) is 0 Å². The summed E-state index contributed by atoms with van der Waals surface area (Å²) in [5.74, 6) is -0.0754. The van der Waals surface area contributed by atoms with Crippen LogP contribution in [0.1, 0.15) is 17.5 Å². The molecule has 30 heavy (non-hydrogen) atoms. The molecule has 0 radical (unpaired) electrons. The van der Waals surface area contributed by atoms with E-state index in [0.29, 0.717) is 37.6 Å². The van der Waals surface area contributed by atoms with Crippen LogP contribution in [0.4, 0.5) is 5.13 Å². The van der Waals surface area contributed by atoms with Gasteiger partial charge in [0.1, 0.15) is 18.8 Å². The lowest BCUT2D eigenvalue weighted by Gasteiger charge is -2.26. The number of amidine groups is 1. The van der Waals surface area contributed by atoms with Crippen LogP contribution in [0.3, 0.4) is 0 Å². The van der Waals surface area contributed by atoms with Crippen molar-refractivity contribution in [1.82, 2.24) is 4.98 Å². The van der Waals surface area contributed by atoms with Crippen LogP contribution in [0.15, 0.2) is 21.2 Å². The van der Waals surface area contributed by atoms with Crippen LogP contribution in [0, 0.1) is 6.92 Å². The topological polar surface area (TPSA) is 87.3 Å². The number of aromatic nitrogens is 1. The second kappa shape index (κ2) is 7.92. The van der Waals surface area contributed by atoms with Crippen LogP contribution in [-0.4, -0.2) is 83.9 Å². The monoisotopic (exact) mass is 447 g/mol. The third kappa shape index (κ3) is 3.31. The molecule has 0 amide bonds. The lowest BCUT2D eigenvalue weighted by molar-refractivity contribution is -0.547. The second-order valence-electron chi connectivity index (χ2n) is 7.45. The first-order valence-electron chi connectivity index (χ1n) is 10.0. The van der Waals surface area contributed by atoms with Gasteiger partial charge in [-0.1, -0.05) is 11.3 Å². The number of carbonyl (C=O) groups is 1.